The predicted molar refractivity (Wildman–Crippen MR) is 44.9 cm³/mol. The second kappa shape index (κ2) is 15.7. The Balaban J connectivity index is 0. The lowest BCUT2D eigenvalue weighted by Gasteiger charge is -1.71. The van der Waals surface area contributed by atoms with Gasteiger partial charge in [-0.25, -0.2) is 0 Å². The van der Waals surface area contributed by atoms with E-state index in [2.05, 4.69) is 11.9 Å². The molecule has 0 unspecified atom stereocenters. The van der Waals surface area contributed by atoms with Gasteiger partial charge in [-0.2, -0.15) is 0 Å². The highest BCUT2D eigenvalue weighted by Crippen LogP contribution is 1.72. The largest absolute Gasteiger partial charge is 0.269 e. The van der Waals surface area contributed by atoms with E-state index in [0.29, 0.717) is 0 Å². The first-order chi connectivity index (χ1) is 4.41. The Bertz CT molecular complexity index is 72.6. The SMILES string of the molecule is C/C=C\N=CCC.CC. The minimum Gasteiger partial charge on any atom is -0.269 e. The summed E-state index contributed by atoms with van der Waals surface area (Å²) in [6.07, 6.45) is 6.58. The number of rotatable bonds is 2. The maximum absolute atomic E-state index is 3.90. The molecule has 54 valence electrons. The van der Waals surface area contributed by atoms with E-state index in [9.17, 15) is 0 Å². The summed E-state index contributed by atoms with van der Waals surface area (Å²) in [5.74, 6) is 0. The van der Waals surface area contributed by atoms with Crippen molar-refractivity contribution in [3.63, 3.8) is 0 Å². The van der Waals surface area contributed by atoms with Crippen molar-refractivity contribution in [2.24, 2.45) is 4.99 Å². The molecule has 0 aliphatic rings. The molecule has 0 N–H and O–H groups in total. The van der Waals surface area contributed by atoms with E-state index in [-0.39, 0.29) is 0 Å². The first kappa shape index (κ1) is 11.2. The van der Waals surface area contributed by atoms with E-state index in [1.165, 1.54) is 0 Å². The number of allylic oxidation sites excluding steroid dienone is 1. The molecule has 0 radical (unpaired) electrons. The molecule has 0 aliphatic carbocycles. The van der Waals surface area contributed by atoms with Gasteiger partial charge in [-0.3, -0.25) is 4.99 Å². The standard InChI is InChI=1S/C6H11N.C2H6/c1-3-5-7-6-4-2;1-2/h3,5-6H,4H2,1-2H3;1-2H3/b5-3-,7-6?;. The van der Waals surface area contributed by atoms with Crippen LogP contribution in [0.3, 0.4) is 0 Å². The van der Waals surface area contributed by atoms with Gasteiger partial charge in [0.2, 0.25) is 0 Å². The molecular weight excluding hydrogens is 110 g/mol. The molecule has 0 aromatic carbocycles. The van der Waals surface area contributed by atoms with Gasteiger partial charge in [-0.1, -0.05) is 26.8 Å². The van der Waals surface area contributed by atoms with Gasteiger partial charge in [0.25, 0.3) is 0 Å². The molecule has 0 amide bonds. The molecule has 0 aromatic heterocycles. The summed E-state index contributed by atoms with van der Waals surface area (Å²) in [5.41, 5.74) is 0. The summed E-state index contributed by atoms with van der Waals surface area (Å²) < 4.78 is 0. The fraction of sp³-hybridized carbons (Fsp3) is 0.625. The average molecular weight is 127 g/mol. The van der Waals surface area contributed by atoms with Crippen molar-refractivity contribution in [3.05, 3.63) is 12.3 Å². The Morgan fingerprint density at radius 1 is 1.33 bits per heavy atom. The molecule has 0 atom stereocenters. The highest BCUT2D eigenvalue weighted by molar-refractivity contribution is 5.57. The third-order valence-electron chi connectivity index (χ3n) is 0.523. The zero-order valence-corrected chi connectivity index (χ0v) is 6.89. The van der Waals surface area contributed by atoms with Gasteiger partial charge in [-0.05, 0) is 13.3 Å². The smallest absolute Gasteiger partial charge is 0.0221 e. The molecule has 1 nitrogen and oxygen atoms in total. The van der Waals surface area contributed by atoms with Crippen molar-refractivity contribution < 1.29 is 0 Å². The van der Waals surface area contributed by atoms with Gasteiger partial charge in [0.1, 0.15) is 0 Å². The molecule has 0 heterocycles. The van der Waals surface area contributed by atoms with E-state index < -0.39 is 0 Å². The summed E-state index contributed by atoms with van der Waals surface area (Å²) in [4.78, 5) is 3.90. The second-order valence-corrected chi connectivity index (χ2v) is 1.22. The van der Waals surface area contributed by atoms with Crippen LogP contribution in [0.2, 0.25) is 0 Å². The van der Waals surface area contributed by atoms with Crippen LogP contribution in [0.1, 0.15) is 34.1 Å². The quantitative estimate of drug-likeness (QED) is 0.505. The van der Waals surface area contributed by atoms with Crippen molar-refractivity contribution in [2.75, 3.05) is 0 Å². The lowest BCUT2D eigenvalue weighted by Crippen LogP contribution is -1.61. The summed E-state index contributed by atoms with van der Waals surface area (Å²) in [6.45, 7) is 8.01. The van der Waals surface area contributed by atoms with E-state index in [1.807, 2.05) is 33.1 Å². The van der Waals surface area contributed by atoms with Crippen LogP contribution in [-0.4, -0.2) is 6.21 Å². The molecule has 1 heteroatoms. The first-order valence-corrected chi connectivity index (χ1v) is 3.54. The fourth-order valence-electron chi connectivity index (χ4n) is 0.252. The zero-order chi connectivity index (χ0) is 7.54. The lowest BCUT2D eigenvalue weighted by molar-refractivity contribution is 1.31. The highest BCUT2D eigenvalue weighted by atomic mass is 14.6. The Labute approximate surface area is 58.5 Å². The Hall–Kier alpha value is -0.590. The molecule has 0 saturated heterocycles. The van der Waals surface area contributed by atoms with Crippen LogP contribution >= 0.6 is 0 Å². The van der Waals surface area contributed by atoms with Crippen LogP contribution in [-0.2, 0) is 0 Å². The van der Waals surface area contributed by atoms with Crippen LogP contribution in [0.5, 0.6) is 0 Å². The normalized spacial score (nSPS) is 9.78. The van der Waals surface area contributed by atoms with Crippen molar-refractivity contribution >= 4 is 6.21 Å². The molecule has 0 bridgehead atoms. The van der Waals surface area contributed by atoms with Gasteiger partial charge in [0.05, 0.1) is 0 Å². The molecule has 9 heavy (non-hydrogen) atoms. The van der Waals surface area contributed by atoms with Crippen LogP contribution < -0.4 is 0 Å². The van der Waals surface area contributed by atoms with Gasteiger partial charge in [0.15, 0.2) is 0 Å². The van der Waals surface area contributed by atoms with E-state index in [1.54, 1.807) is 6.20 Å². The number of hydrogen-bond acceptors (Lipinski definition) is 1. The maximum atomic E-state index is 3.90. The highest BCUT2D eigenvalue weighted by Gasteiger charge is 1.58. The third-order valence-corrected chi connectivity index (χ3v) is 0.523. The van der Waals surface area contributed by atoms with Gasteiger partial charge in [0, 0.05) is 12.4 Å². The molecular formula is C8H17N. The van der Waals surface area contributed by atoms with Crippen molar-refractivity contribution in [3.8, 4) is 0 Å². The van der Waals surface area contributed by atoms with Crippen LogP contribution in [0.15, 0.2) is 17.3 Å². The molecule has 0 rings (SSSR count). The summed E-state index contributed by atoms with van der Waals surface area (Å²) in [7, 11) is 0. The third kappa shape index (κ3) is 18.7. The van der Waals surface area contributed by atoms with Crippen molar-refractivity contribution in [2.45, 2.75) is 34.1 Å². The van der Waals surface area contributed by atoms with E-state index >= 15 is 0 Å². The van der Waals surface area contributed by atoms with Crippen LogP contribution in [0, 0.1) is 0 Å². The van der Waals surface area contributed by atoms with Crippen LogP contribution in [0.25, 0.3) is 0 Å². The summed E-state index contributed by atoms with van der Waals surface area (Å²) in [5, 5.41) is 0. The van der Waals surface area contributed by atoms with E-state index in [0.717, 1.165) is 6.42 Å². The topological polar surface area (TPSA) is 12.4 Å². The summed E-state index contributed by atoms with van der Waals surface area (Å²) in [6, 6.07) is 0. The minimum absolute atomic E-state index is 1.02. The van der Waals surface area contributed by atoms with Gasteiger partial charge >= 0.3 is 0 Å². The monoisotopic (exact) mass is 127 g/mol. The van der Waals surface area contributed by atoms with Gasteiger partial charge < -0.3 is 0 Å². The second-order valence-electron chi connectivity index (χ2n) is 1.22. The predicted octanol–water partition coefficient (Wildman–Crippen LogP) is 3.03. The first-order valence-electron chi connectivity index (χ1n) is 3.54. The number of aliphatic imine (C=N–C) groups is 1. The molecule has 0 fully saturated rings. The molecule has 0 spiro atoms. The van der Waals surface area contributed by atoms with Crippen molar-refractivity contribution in [1.29, 1.82) is 0 Å². The lowest BCUT2D eigenvalue weighted by atomic mass is 10.5. The Morgan fingerprint density at radius 3 is 2.22 bits per heavy atom. The van der Waals surface area contributed by atoms with Gasteiger partial charge in [-0.15, -0.1) is 0 Å². The average Bonchev–Trinajstić information content (AvgIpc) is 1.94. The number of nitrogens with zero attached hydrogens (tertiary/aromatic N) is 1. The van der Waals surface area contributed by atoms with Crippen LogP contribution in [0.4, 0.5) is 0 Å². The summed E-state index contributed by atoms with van der Waals surface area (Å²) >= 11 is 0. The molecule has 0 aromatic rings. The van der Waals surface area contributed by atoms with Crippen molar-refractivity contribution in [1.82, 2.24) is 0 Å². The Kier molecular flexibility index (Phi) is 19.5. The fourth-order valence-corrected chi connectivity index (χ4v) is 0.252. The zero-order valence-electron chi connectivity index (χ0n) is 6.89. The molecule has 0 aliphatic heterocycles. The molecule has 0 saturated carbocycles. The maximum Gasteiger partial charge on any atom is 0.0221 e. The Morgan fingerprint density at radius 2 is 1.89 bits per heavy atom. The number of hydrogen-bond donors (Lipinski definition) is 0. The van der Waals surface area contributed by atoms with E-state index in [4.69, 9.17) is 0 Å². The minimum atomic E-state index is 1.02.